The average Bonchev–Trinajstić information content (AvgIpc) is 2.87. The molecule has 1 fully saturated rings. The Balaban J connectivity index is 1.81. The summed E-state index contributed by atoms with van der Waals surface area (Å²) in [6.45, 7) is 1.51. The Kier molecular flexibility index (Phi) is 4.36. The molecule has 0 aliphatic heterocycles. The summed E-state index contributed by atoms with van der Waals surface area (Å²) < 4.78 is 2.81. The van der Waals surface area contributed by atoms with Crippen molar-refractivity contribution in [3.05, 3.63) is 33.1 Å². The lowest BCUT2D eigenvalue weighted by molar-refractivity contribution is 0.489. The monoisotopic (exact) mass is 251 g/mol. The number of rotatable bonds is 5. The van der Waals surface area contributed by atoms with Crippen LogP contribution in [0.4, 0.5) is 0 Å². The summed E-state index contributed by atoms with van der Waals surface area (Å²) in [5, 5.41) is 3.50. The Morgan fingerprint density at radius 2 is 1.94 bits per heavy atom. The first kappa shape index (κ1) is 13.1. The molecule has 0 spiro atoms. The molecule has 0 aromatic carbocycles. The van der Waals surface area contributed by atoms with Gasteiger partial charge in [-0.3, -0.25) is 9.59 Å². The number of hydrogen-bond donors (Lipinski definition) is 1. The highest BCUT2D eigenvalue weighted by molar-refractivity contribution is 4.84. The van der Waals surface area contributed by atoms with E-state index >= 15 is 0 Å². The molecule has 1 aliphatic rings. The van der Waals surface area contributed by atoms with E-state index in [9.17, 15) is 9.59 Å². The van der Waals surface area contributed by atoms with Gasteiger partial charge in [-0.2, -0.15) is 0 Å². The van der Waals surface area contributed by atoms with E-state index in [0.29, 0.717) is 12.6 Å². The predicted octanol–water partition coefficient (Wildman–Crippen LogP) is 0.469. The lowest BCUT2D eigenvalue weighted by Gasteiger charge is -2.12. The number of aryl methyl sites for hydroxylation is 2. The molecule has 5 nitrogen and oxygen atoms in total. The molecule has 0 saturated heterocycles. The second-order valence-corrected chi connectivity index (χ2v) is 5.00. The van der Waals surface area contributed by atoms with Gasteiger partial charge < -0.3 is 14.5 Å². The van der Waals surface area contributed by atoms with Crippen LogP contribution in [0.2, 0.25) is 0 Å². The number of aromatic nitrogens is 2. The minimum Gasteiger partial charge on any atom is -0.314 e. The highest BCUT2D eigenvalue weighted by atomic mass is 16.2. The highest BCUT2D eigenvalue weighted by Gasteiger charge is 2.13. The minimum atomic E-state index is -0.457. The quantitative estimate of drug-likeness (QED) is 0.611. The number of hydrogen-bond acceptors (Lipinski definition) is 3. The van der Waals surface area contributed by atoms with Crippen molar-refractivity contribution >= 4 is 0 Å². The van der Waals surface area contributed by atoms with Crippen LogP contribution in [0.5, 0.6) is 0 Å². The lowest BCUT2D eigenvalue weighted by atomic mass is 10.2. The molecular weight excluding hydrogens is 230 g/mol. The maximum atomic E-state index is 11.6. The van der Waals surface area contributed by atoms with Crippen LogP contribution in [0.15, 0.2) is 22.0 Å². The molecule has 0 bridgehead atoms. The molecule has 2 rings (SSSR count). The van der Waals surface area contributed by atoms with Crippen molar-refractivity contribution in [2.75, 3.05) is 6.54 Å². The van der Waals surface area contributed by atoms with Crippen LogP contribution < -0.4 is 16.4 Å². The van der Waals surface area contributed by atoms with Crippen molar-refractivity contribution in [3.63, 3.8) is 0 Å². The Bertz CT molecular complexity index is 498. The summed E-state index contributed by atoms with van der Waals surface area (Å²) in [5.41, 5.74) is -0.887. The Hall–Kier alpha value is -1.36. The van der Waals surface area contributed by atoms with Gasteiger partial charge in [0.15, 0.2) is 0 Å². The van der Waals surface area contributed by atoms with Crippen LogP contribution in [-0.4, -0.2) is 21.7 Å². The molecule has 1 aromatic rings. The molecule has 5 heteroatoms. The maximum absolute atomic E-state index is 11.6. The van der Waals surface area contributed by atoms with Gasteiger partial charge in [0.05, 0.1) is 0 Å². The number of nitrogens with zero attached hydrogens (tertiary/aromatic N) is 2. The third kappa shape index (κ3) is 3.10. The summed E-state index contributed by atoms with van der Waals surface area (Å²) in [6.07, 6.45) is 9.38. The zero-order chi connectivity index (χ0) is 13.0. The first-order chi connectivity index (χ1) is 8.68. The minimum absolute atomic E-state index is 0.430. The van der Waals surface area contributed by atoms with E-state index in [4.69, 9.17) is 0 Å². The van der Waals surface area contributed by atoms with Crippen LogP contribution in [0, 0.1) is 0 Å². The van der Waals surface area contributed by atoms with Crippen molar-refractivity contribution in [2.45, 2.75) is 44.7 Å². The molecule has 18 heavy (non-hydrogen) atoms. The fourth-order valence-electron chi connectivity index (χ4n) is 2.45. The van der Waals surface area contributed by atoms with E-state index in [0.717, 1.165) is 13.0 Å². The van der Waals surface area contributed by atoms with Gasteiger partial charge >= 0.3 is 11.1 Å². The molecule has 1 aromatic heterocycles. The molecular formula is C13H21N3O2. The zero-order valence-corrected chi connectivity index (χ0v) is 10.9. The molecule has 1 N–H and O–H groups in total. The topological polar surface area (TPSA) is 56.0 Å². The van der Waals surface area contributed by atoms with Gasteiger partial charge in [-0.25, -0.2) is 0 Å². The third-order valence-corrected chi connectivity index (χ3v) is 3.60. The Morgan fingerprint density at radius 3 is 2.67 bits per heavy atom. The van der Waals surface area contributed by atoms with Gasteiger partial charge in [-0.15, -0.1) is 0 Å². The van der Waals surface area contributed by atoms with Crippen LogP contribution in [0.25, 0.3) is 0 Å². The molecule has 1 aliphatic carbocycles. The fourth-order valence-corrected chi connectivity index (χ4v) is 2.45. The second-order valence-electron chi connectivity index (χ2n) is 5.00. The second kappa shape index (κ2) is 6.00. The lowest BCUT2D eigenvalue weighted by Crippen LogP contribution is -2.40. The Labute approximate surface area is 106 Å². The van der Waals surface area contributed by atoms with E-state index in [-0.39, 0.29) is 0 Å². The van der Waals surface area contributed by atoms with Crippen molar-refractivity contribution in [1.29, 1.82) is 0 Å². The van der Waals surface area contributed by atoms with Gasteiger partial charge in [0.25, 0.3) is 0 Å². The molecule has 1 saturated carbocycles. The Morgan fingerprint density at radius 1 is 1.22 bits per heavy atom. The molecule has 100 valence electrons. The van der Waals surface area contributed by atoms with E-state index in [2.05, 4.69) is 5.32 Å². The summed E-state index contributed by atoms with van der Waals surface area (Å²) in [7, 11) is 1.59. The number of nitrogens with one attached hydrogen (secondary N) is 1. The van der Waals surface area contributed by atoms with Crippen LogP contribution >= 0.6 is 0 Å². The van der Waals surface area contributed by atoms with E-state index < -0.39 is 11.1 Å². The van der Waals surface area contributed by atoms with Gasteiger partial charge in [0, 0.05) is 32.0 Å². The highest BCUT2D eigenvalue weighted by Crippen LogP contribution is 2.17. The first-order valence-corrected chi connectivity index (χ1v) is 6.68. The summed E-state index contributed by atoms with van der Waals surface area (Å²) in [5.74, 6) is 0. The first-order valence-electron chi connectivity index (χ1n) is 6.68. The average molecular weight is 251 g/mol. The molecule has 0 amide bonds. The van der Waals surface area contributed by atoms with E-state index in [1.54, 1.807) is 19.4 Å². The summed E-state index contributed by atoms with van der Waals surface area (Å²) in [6, 6.07) is 0.658. The molecule has 1 heterocycles. The summed E-state index contributed by atoms with van der Waals surface area (Å²) in [4.78, 5) is 23.1. The molecule has 0 unspecified atom stereocenters. The van der Waals surface area contributed by atoms with Gasteiger partial charge in [-0.1, -0.05) is 12.8 Å². The maximum Gasteiger partial charge on any atom is 0.316 e. The van der Waals surface area contributed by atoms with E-state index in [1.165, 1.54) is 34.8 Å². The van der Waals surface area contributed by atoms with Crippen LogP contribution in [0.1, 0.15) is 32.1 Å². The van der Waals surface area contributed by atoms with E-state index in [1.807, 2.05) is 0 Å². The normalized spacial score (nSPS) is 16.3. The molecule has 0 radical (unpaired) electrons. The van der Waals surface area contributed by atoms with Gasteiger partial charge in [0.1, 0.15) is 0 Å². The zero-order valence-electron chi connectivity index (χ0n) is 10.9. The van der Waals surface area contributed by atoms with Gasteiger partial charge in [-0.05, 0) is 25.8 Å². The van der Waals surface area contributed by atoms with Crippen LogP contribution in [0.3, 0.4) is 0 Å². The van der Waals surface area contributed by atoms with Gasteiger partial charge in [0.2, 0.25) is 0 Å². The largest absolute Gasteiger partial charge is 0.316 e. The third-order valence-electron chi connectivity index (χ3n) is 3.60. The van der Waals surface area contributed by atoms with Crippen LogP contribution in [-0.2, 0) is 13.6 Å². The SMILES string of the molecule is Cn1ccn(CCCNC2CCCC2)c(=O)c1=O. The molecule has 0 atom stereocenters. The van der Waals surface area contributed by atoms with Crippen molar-refractivity contribution in [3.8, 4) is 0 Å². The standard InChI is InChI=1S/C13H21N3O2/c1-15-9-10-16(13(18)12(15)17)8-4-7-14-11-5-2-3-6-11/h9-11,14H,2-8H2,1H3. The fraction of sp³-hybridized carbons (Fsp3) is 0.692. The summed E-state index contributed by atoms with van der Waals surface area (Å²) >= 11 is 0. The van der Waals surface area contributed by atoms with Crippen molar-refractivity contribution in [2.24, 2.45) is 7.05 Å². The van der Waals surface area contributed by atoms with Crippen molar-refractivity contribution in [1.82, 2.24) is 14.5 Å². The predicted molar refractivity (Wildman–Crippen MR) is 70.8 cm³/mol. The smallest absolute Gasteiger partial charge is 0.314 e. The van der Waals surface area contributed by atoms with Crippen molar-refractivity contribution < 1.29 is 0 Å².